The molecule has 0 spiro atoms. The number of hydrogen-bond acceptors (Lipinski definition) is 6. The molecule has 1 N–H and O–H groups in total. The number of aryl methyl sites for hydroxylation is 1. The quantitative estimate of drug-likeness (QED) is 0.466. The molecule has 3 aromatic rings. The number of nitrogens with zero attached hydrogens (tertiary/aromatic N) is 3. The largest absolute Gasteiger partial charge is 0.493 e. The van der Waals surface area contributed by atoms with Gasteiger partial charge in [-0.2, -0.15) is 13.2 Å². The Bertz CT molecular complexity index is 1160. The first kappa shape index (κ1) is 24.0. The number of carbonyl (C=O) groups is 2. The number of aromatic nitrogens is 2. The summed E-state index contributed by atoms with van der Waals surface area (Å²) in [7, 11) is 1.57. The number of amides is 1. The molecule has 176 valence electrons. The molecule has 1 aromatic carbocycles. The first-order valence-corrected chi connectivity index (χ1v) is 10.2. The van der Waals surface area contributed by atoms with E-state index in [2.05, 4.69) is 10.1 Å². The molecule has 0 aliphatic heterocycles. The molecule has 0 saturated carbocycles. The second kappa shape index (κ2) is 9.88. The average Bonchev–Trinajstić information content (AvgIpc) is 3.22. The highest BCUT2D eigenvalue weighted by Crippen LogP contribution is 2.38. The van der Waals surface area contributed by atoms with Crippen molar-refractivity contribution in [3.8, 4) is 5.75 Å². The summed E-state index contributed by atoms with van der Waals surface area (Å²) in [6.07, 6.45) is -0.622. The van der Waals surface area contributed by atoms with Crippen molar-refractivity contribution in [2.75, 3.05) is 20.2 Å². The van der Waals surface area contributed by atoms with Gasteiger partial charge in [-0.25, -0.2) is 4.79 Å². The Morgan fingerprint density at radius 1 is 1.21 bits per heavy atom. The zero-order chi connectivity index (χ0) is 24.2. The molecule has 2 aromatic heterocycles. The SMILES string of the molecule is CCCc1c(OCCCN(C)C(=O)c2cncc(C(=O)O)c2)ccc2c(C(F)(F)F)noc12. The number of pyridine rings is 1. The van der Waals surface area contributed by atoms with Crippen LogP contribution in [0.5, 0.6) is 5.75 Å². The van der Waals surface area contributed by atoms with Crippen LogP contribution in [-0.4, -0.2) is 52.2 Å². The third-order valence-electron chi connectivity index (χ3n) is 4.94. The van der Waals surface area contributed by atoms with E-state index in [1.165, 1.54) is 29.3 Å². The van der Waals surface area contributed by atoms with Gasteiger partial charge in [0, 0.05) is 31.5 Å². The maximum atomic E-state index is 13.1. The van der Waals surface area contributed by atoms with Crippen LogP contribution in [-0.2, 0) is 12.6 Å². The monoisotopic (exact) mass is 465 g/mol. The third kappa shape index (κ3) is 5.41. The van der Waals surface area contributed by atoms with Crippen LogP contribution in [0.4, 0.5) is 13.2 Å². The Labute approximate surface area is 186 Å². The Morgan fingerprint density at radius 3 is 2.61 bits per heavy atom. The molecular formula is C22H22F3N3O5. The van der Waals surface area contributed by atoms with E-state index in [0.717, 1.165) is 6.20 Å². The molecule has 8 nitrogen and oxygen atoms in total. The van der Waals surface area contributed by atoms with Crippen LogP contribution in [0.3, 0.4) is 0 Å². The topological polar surface area (TPSA) is 106 Å². The number of alkyl halides is 3. The summed E-state index contributed by atoms with van der Waals surface area (Å²) in [6.45, 7) is 2.40. The molecule has 0 atom stereocenters. The van der Waals surface area contributed by atoms with Gasteiger partial charge in [0.15, 0.2) is 11.3 Å². The van der Waals surface area contributed by atoms with E-state index in [0.29, 0.717) is 37.1 Å². The number of carbonyl (C=O) groups excluding carboxylic acids is 1. The summed E-state index contributed by atoms with van der Waals surface area (Å²) in [6, 6.07) is 4.00. The van der Waals surface area contributed by atoms with Gasteiger partial charge < -0.3 is 19.3 Å². The van der Waals surface area contributed by atoms with Gasteiger partial charge in [-0.3, -0.25) is 9.78 Å². The Kier molecular flexibility index (Phi) is 7.19. The summed E-state index contributed by atoms with van der Waals surface area (Å²) in [5, 5.41) is 12.1. The van der Waals surface area contributed by atoms with Gasteiger partial charge >= 0.3 is 12.1 Å². The molecule has 33 heavy (non-hydrogen) atoms. The molecule has 0 fully saturated rings. The minimum atomic E-state index is -4.62. The lowest BCUT2D eigenvalue weighted by atomic mass is 10.0. The Balaban J connectivity index is 1.65. The van der Waals surface area contributed by atoms with E-state index < -0.39 is 17.8 Å². The third-order valence-corrected chi connectivity index (χ3v) is 4.94. The van der Waals surface area contributed by atoms with Crippen LogP contribution in [0.2, 0.25) is 0 Å². The van der Waals surface area contributed by atoms with Gasteiger partial charge in [0.05, 0.1) is 23.1 Å². The first-order chi connectivity index (χ1) is 15.6. The number of benzene rings is 1. The average molecular weight is 465 g/mol. The van der Waals surface area contributed by atoms with Crippen molar-refractivity contribution in [1.29, 1.82) is 0 Å². The number of aromatic carboxylic acids is 1. The van der Waals surface area contributed by atoms with Crippen molar-refractivity contribution >= 4 is 22.8 Å². The molecule has 0 radical (unpaired) electrons. The highest BCUT2D eigenvalue weighted by Gasteiger charge is 2.37. The smallest absolute Gasteiger partial charge is 0.437 e. The van der Waals surface area contributed by atoms with Crippen molar-refractivity contribution in [3.05, 3.63) is 53.0 Å². The van der Waals surface area contributed by atoms with Crippen molar-refractivity contribution in [1.82, 2.24) is 15.0 Å². The molecule has 3 rings (SSSR count). The minimum absolute atomic E-state index is 0.0554. The zero-order valence-corrected chi connectivity index (χ0v) is 18.0. The zero-order valence-electron chi connectivity index (χ0n) is 18.0. The van der Waals surface area contributed by atoms with Crippen LogP contribution in [0.15, 0.2) is 35.1 Å². The predicted molar refractivity (Wildman–Crippen MR) is 111 cm³/mol. The Hall–Kier alpha value is -3.63. The maximum absolute atomic E-state index is 13.1. The minimum Gasteiger partial charge on any atom is -0.493 e. The number of ether oxygens (including phenoxy) is 1. The standard InChI is InChI=1S/C22H22F3N3O5/c1-3-5-15-17(7-6-16-18(15)33-27-19(16)22(23,24)25)32-9-4-8-28(2)20(29)13-10-14(21(30)31)12-26-11-13/h6-7,10-12H,3-5,8-9H2,1-2H3,(H,30,31). The molecule has 2 heterocycles. The number of rotatable bonds is 9. The molecule has 0 saturated heterocycles. The van der Waals surface area contributed by atoms with E-state index in [9.17, 15) is 22.8 Å². The summed E-state index contributed by atoms with van der Waals surface area (Å²) in [5.41, 5.74) is -0.431. The fraction of sp³-hybridized carbons (Fsp3) is 0.364. The summed E-state index contributed by atoms with van der Waals surface area (Å²) in [4.78, 5) is 28.7. The van der Waals surface area contributed by atoms with Gasteiger partial charge in [-0.1, -0.05) is 18.5 Å². The number of fused-ring (bicyclic) bond motifs is 1. The highest BCUT2D eigenvalue weighted by atomic mass is 19.4. The summed E-state index contributed by atoms with van der Waals surface area (Å²) in [5.74, 6) is -1.16. The van der Waals surface area contributed by atoms with Crippen molar-refractivity contribution in [3.63, 3.8) is 0 Å². The lowest BCUT2D eigenvalue weighted by molar-refractivity contribution is -0.141. The fourth-order valence-corrected chi connectivity index (χ4v) is 3.35. The van der Waals surface area contributed by atoms with E-state index in [-0.39, 0.29) is 34.6 Å². The number of halogens is 3. The van der Waals surface area contributed by atoms with E-state index in [1.54, 1.807) is 7.05 Å². The lowest BCUT2D eigenvalue weighted by Crippen LogP contribution is -2.29. The number of carboxylic acids is 1. The predicted octanol–water partition coefficient (Wildman–Crippen LogP) is 4.43. The molecule has 11 heteroatoms. The molecular weight excluding hydrogens is 443 g/mol. The second-order valence-electron chi connectivity index (χ2n) is 7.39. The van der Waals surface area contributed by atoms with Crippen LogP contribution in [0.1, 0.15) is 51.7 Å². The van der Waals surface area contributed by atoms with Gasteiger partial charge in [-0.15, -0.1) is 0 Å². The molecule has 0 bridgehead atoms. The summed E-state index contributed by atoms with van der Waals surface area (Å²) >= 11 is 0. The van der Waals surface area contributed by atoms with Crippen LogP contribution >= 0.6 is 0 Å². The van der Waals surface area contributed by atoms with Gasteiger partial charge in [-0.05, 0) is 31.0 Å². The second-order valence-corrected chi connectivity index (χ2v) is 7.39. The molecule has 1 amide bonds. The van der Waals surface area contributed by atoms with Crippen molar-refractivity contribution in [2.45, 2.75) is 32.4 Å². The van der Waals surface area contributed by atoms with Crippen LogP contribution in [0, 0.1) is 0 Å². The maximum Gasteiger partial charge on any atom is 0.437 e. The van der Waals surface area contributed by atoms with Crippen molar-refractivity contribution in [2.24, 2.45) is 0 Å². The highest BCUT2D eigenvalue weighted by molar-refractivity contribution is 5.96. The van der Waals surface area contributed by atoms with E-state index >= 15 is 0 Å². The number of hydrogen-bond donors (Lipinski definition) is 1. The molecule has 0 aliphatic rings. The summed E-state index contributed by atoms with van der Waals surface area (Å²) < 4.78 is 50.2. The van der Waals surface area contributed by atoms with Crippen LogP contribution < -0.4 is 4.74 Å². The normalized spacial score (nSPS) is 11.5. The van der Waals surface area contributed by atoms with Gasteiger partial charge in [0.1, 0.15) is 5.75 Å². The lowest BCUT2D eigenvalue weighted by Gasteiger charge is -2.18. The van der Waals surface area contributed by atoms with Crippen molar-refractivity contribution < 1.29 is 37.1 Å². The molecule has 0 aliphatic carbocycles. The molecule has 0 unspecified atom stereocenters. The Morgan fingerprint density at radius 2 is 1.94 bits per heavy atom. The first-order valence-electron chi connectivity index (χ1n) is 10.2. The van der Waals surface area contributed by atoms with Crippen LogP contribution in [0.25, 0.3) is 11.0 Å². The fourth-order valence-electron chi connectivity index (χ4n) is 3.35. The van der Waals surface area contributed by atoms with Gasteiger partial charge in [0.2, 0.25) is 0 Å². The van der Waals surface area contributed by atoms with Gasteiger partial charge in [0.25, 0.3) is 5.91 Å². The number of carboxylic acid groups (broad SMARTS) is 1. The van der Waals surface area contributed by atoms with E-state index in [4.69, 9.17) is 14.4 Å². The van der Waals surface area contributed by atoms with E-state index in [1.807, 2.05) is 6.92 Å².